The Balaban J connectivity index is 2.47. The third kappa shape index (κ3) is 2.56. The average molecular weight is 262 g/mol. The molecule has 102 valence electrons. The van der Waals surface area contributed by atoms with Crippen LogP contribution in [-0.2, 0) is 7.05 Å². The Labute approximate surface area is 112 Å². The summed E-state index contributed by atoms with van der Waals surface area (Å²) in [4.78, 5) is 0. The fraction of sp³-hybridized carbons (Fsp3) is 0.357. The third-order valence-corrected chi connectivity index (χ3v) is 3.08. The fourth-order valence-electron chi connectivity index (χ4n) is 2.11. The number of hydrogen-bond donors (Lipinski definition) is 1. The third-order valence-electron chi connectivity index (χ3n) is 3.08. The molecule has 1 unspecified atom stereocenters. The summed E-state index contributed by atoms with van der Waals surface area (Å²) in [7, 11) is 4.99. The SMILES string of the molecule is COc1ccc(OC)c(C(O)c2cn(C)nc2C)c1. The molecule has 2 rings (SSSR count). The molecule has 0 aliphatic rings. The van der Waals surface area contributed by atoms with Crippen molar-refractivity contribution in [2.75, 3.05) is 14.2 Å². The minimum Gasteiger partial charge on any atom is -0.497 e. The van der Waals surface area contributed by atoms with Crippen LogP contribution in [0.15, 0.2) is 24.4 Å². The molecule has 1 aromatic heterocycles. The molecule has 0 aliphatic heterocycles. The first kappa shape index (κ1) is 13.4. The summed E-state index contributed by atoms with van der Waals surface area (Å²) >= 11 is 0. The largest absolute Gasteiger partial charge is 0.497 e. The van der Waals surface area contributed by atoms with Crippen LogP contribution in [0.5, 0.6) is 11.5 Å². The quantitative estimate of drug-likeness (QED) is 0.913. The van der Waals surface area contributed by atoms with Gasteiger partial charge in [0.1, 0.15) is 17.6 Å². The number of rotatable bonds is 4. The maximum atomic E-state index is 10.5. The number of aryl methyl sites for hydroxylation is 2. The number of hydrogen-bond acceptors (Lipinski definition) is 4. The first-order valence-electron chi connectivity index (χ1n) is 5.97. The highest BCUT2D eigenvalue weighted by Crippen LogP contribution is 2.33. The predicted molar refractivity (Wildman–Crippen MR) is 71.6 cm³/mol. The molecule has 5 nitrogen and oxygen atoms in total. The fourth-order valence-corrected chi connectivity index (χ4v) is 2.11. The summed E-state index contributed by atoms with van der Waals surface area (Å²) < 4.78 is 12.2. The highest BCUT2D eigenvalue weighted by molar-refractivity contribution is 5.45. The molecule has 2 aromatic rings. The van der Waals surface area contributed by atoms with E-state index >= 15 is 0 Å². The number of aromatic nitrogens is 2. The maximum Gasteiger partial charge on any atom is 0.125 e. The van der Waals surface area contributed by atoms with E-state index in [0.717, 1.165) is 11.3 Å². The normalized spacial score (nSPS) is 12.3. The van der Waals surface area contributed by atoms with Crippen LogP contribution >= 0.6 is 0 Å². The lowest BCUT2D eigenvalue weighted by Gasteiger charge is -2.15. The van der Waals surface area contributed by atoms with E-state index in [-0.39, 0.29) is 0 Å². The van der Waals surface area contributed by atoms with E-state index in [1.54, 1.807) is 43.3 Å². The van der Waals surface area contributed by atoms with Gasteiger partial charge in [-0.05, 0) is 25.1 Å². The van der Waals surface area contributed by atoms with Crippen molar-refractivity contribution in [3.8, 4) is 11.5 Å². The van der Waals surface area contributed by atoms with Gasteiger partial charge >= 0.3 is 0 Å². The molecule has 0 amide bonds. The Bertz CT molecular complexity index is 578. The lowest BCUT2D eigenvalue weighted by Crippen LogP contribution is -2.03. The number of nitrogens with zero attached hydrogens (tertiary/aromatic N) is 2. The Kier molecular flexibility index (Phi) is 3.76. The van der Waals surface area contributed by atoms with Crippen molar-refractivity contribution in [1.29, 1.82) is 0 Å². The van der Waals surface area contributed by atoms with Crippen molar-refractivity contribution in [2.24, 2.45) is 7.05 Å². The summed E-state index contributed by atoms with van der Waals surface area (Å²) in [5.41, 5.74) is 2.21. The molecule has 0 saturated heterocycles. The monoisotopic (exact) mass is 262 g/mol. The topological polar surface area (TPSA) is 56.5 Å². The van der Waals surface area contributed by atoms with Gasteiger partial charge in [-0.15, -0.1) is 0 Å². The van der Waals surface area contributed by atoms with Crippen molar-refractivity contribution >= 4 is 0 Å². The molecule has 0 saturated carbocycles. The lowest BCUT2D eigenvalue weighted by molar-refractivity contribution is 0.213. The Morgan fingerprint density at radius 3 is 2.47 bits per heavy atom. The van der Waals surface area contributed by atoms with Crippen LogP contribution < -0.4 is 9.47 Å². The molecular formula is C14H18N2O3. The molecule has 1 heterocycles. The van der Waals surface area contributed by atoms with Gasteiger partial charge in [0.15, 0.2) is 0 Å². The predicted octanol–water partition coefficient (Wildman–Crippen LogP) is 1.83. The smallest absolute Gasteiger partial charge is 0.125 e. The van der Waals surface area contributed by atoms with Crippen LogP contribution in [0.4, 0.5) is 0 Å². The van der Waals surface area contributed by atoms with Crippen molar-refractivity contribution in [2.45, 2.75) is 13.0 Å². The van der Waals surface area contributed by atoms with Crippen LogP contribution in [0, 0.1) is 6.92 Å². The van der Waals surface area contributed by atoms with Gasteiger partial charge in [0, 0.05) is 24.4 Å². The standard InChI is InChI=1S/C14H18N2O3/c1-9-12(8-16(2)15-9)14(17)11-7-10(18-3)5-6-13(11)19-4/h5-8,14,17H,1-4H3. The highest BCUT2D eigenvalue weighted by atomic mass is 16.5. The molecule has 0 bridgehead atoms. The minimum atomic E-state index is -0.793. The van der Waals surface area contributed by atoms with Gasteiger partial charge in [-0.25, -0.2) is 0 Å². The molecule has 0 radical (unpaired) electrons. The molecule has 0 aliphatic carbocycles. The second-order valence-corrected chi connectivity index (χ2v) is 4.35. The van der Waals surface area contributed by atoms with E-state index in [2.05, 4.69) is 5.10 Å². The van der Waals surface area contributed by atoms with Gasteiger partial charge in [0.2, 0.25) is 0 Å². The zero-order valence-electron chi connectivity index (χ0n) is 11.5. The zero-order valence-corrected chi connectivity index (χ0v) is 11.5. The van der Waals surface area contributed by atoms with Crippen molar-refractivity contribution in [3.05, 3.63) is 41.2 Å². The Hall–Kier alpha value is -2.01. The molecule has 0 spiro atoms. The van der Waals surface area contributed by atoms with Crippen LogP contribution in [-0.4, -0.2) is 29.1 Å². The summed E-state index contributed by atoms with van der Waals surface area (Å²) in [6.07, 6.45) is 1.01. The van der Waals surface area contributed by atoms with E-state index in [4.69, 9.17) is 9.47 Å². The van der Waals surface area contributed by atoms with Gasteiger partial charge in [0.05, 0.1) is 19.9 Å². The number of benzene rings is 1. The van der Waals surface area contributed by atoms with Crippen molar-refractivity contribution in [1.82, 2.24) is 9.78 Å². The second-order valence-electron chi connectivity index (χ2n) is 4.35. The van der Waals surface area contributed by atoms with Gasteiger partial charge < -0.3 is 14.6 Å². The van der Waals surface area contributed by atoms with Crippen LogP contribution in [0.25, 0.3) is 0 Å². The maximum absolute atomic E-state index is 10.5. The number of methoxy groups -OCH3 is 2. The summed E-state index contributed by atoms with van der Waals surface area (Å²) in [6.45, 7) is 1.87. The molecule has 19 heavy (non-hydrogen) atoms. The van der Waals surface area contributed by atoms with Crippen molar-refractivity contribution < 1.29 is 14.6 Å². The Morgan fingerprint density at radius 1 is 1.21 bits per heavy atom. The van der Waals surface area contributed by atoms with Crippen LogP contribution in [0.3, 0.4) is 0 Å². The van der Waals surface area contributed by atoms with Gasteiger partial charge in [-0.3, -0.25) is 4.68 Å². The summed E-state index contributed by atoms with van der Waals surface area (Å²) in [5, 5.41) is 14.8. The van der Waals surface area contributed by atoms with E-state index in [1.807, 2.05) is 14.0 Å². The zero-order chi connectivity index (χ0) is 14.0. The molecule has 1 N–H and O–H groups in total. The highest BCUT2D eigenvalue weighted by Gasteiger charge is 2.20. The molecular weight excluding hydrogens is 244 g/mol. The van der Waals surface area contributed by atoms with Gasteiger partial charge in [-0.1, -0.05) is 0 Å². The second kappa shape index (κ2) is 5.32. The molecule has 5 heteroatoms. The first-order valence-corrected chi connectivity index (χ1v) is 5.97. The summed E-state index contributed by atoms with van der Waals surface area (Å²) in [5.74, 6) is 1.30. The van der Waals surface area contributed by atoms with Crippen molar-refractivity contribution in [3.63, 3.8) is 0 Å². The summed E-state index contributed by atoms with van der Waals surface area (Å²) in [6, 6.07) is 5.35. The number of ether oxygens (including phenoxy) is 2. The number of aliphatic hydroxyl groups excluding tert-OH is 1. The molecule has 0 fully saturated rings. The Morgan fingerprint density at radius 2 is 1.95 bits per heavy atom. The van der Waals surface area contributed by atoms with Gasteiger partial charge in [-0.2, -0.15) is 5.10 Å². The molecule has 1 atom stereocenters. The van der Waals surface area contributed by atoms with E-state index in [1.165, 1.54) is 0 Å². The van der Waals surface area contributed by atoms with E-state index in [0.29, 0.717) is 17.1 Å². The van der Waals surface area contributed by atoms with Gasteiger partial charge in [0.25, 0.3) is 0 Å². The van der Waals surface area contributed by atoms with E-state index in [9.17, 15) is 5.11 Å². The van der Waals surface area contributed by atoms with Crippen LogP contribution in [0.1, 0.15) is 22.9 Å². The average Bonchev–Trinajstić information content (AvgIpc) is 2.76. The number of aliphatic hydroxyl groups is 1. The molecule has 1 aromatic carbocycles. The minimum absolute atomic E-state index is 0.622. The van der Waals surface area contributed by atoms with Crippen LogP contribution in [0.2, 0.25) is 0 Å². The first-order chi connectivity index (χ1) is 9.06. The lowest BCUT2D eigenvalue weighted by atomic mass is 10.0. The van der Waals surface area contributed by atoms with E-state index < -0.39 is 6.10 Å².